The molecule has 0 bridgehead atoms. The summed E-state index contributed by atoms with van der Waals surface area (Å²) in [6.07, 6.45) is 7.97. The Hall–Kier alpha value is -2.14. The van der Waals surface area contributed by atoms with Crippen LogP contribution in [-0.2, 0) is 12.8 Å². The van der Waals surface area contributed by atoms with Crippen molar-refractivity contribution in [3.05, 3.63) is 47.9 Å². The lowest BCUT2D eigenvalue weighted by Crippen LogP contribution is -2.47. The Bertz CT molecular complexity index is 737. The molecule has 26 heavy (non-hydrogen) atoms. The van der Waals surface area contributed by atoms with Crippen LogP contribution in [0.25, 0.3) is 0 Å². The van der Waals surface area contributed by atoms with E-state index < -0.39 is 0 Å². The van der Waals surface area contributed by atoms with E-state index in [1.807, 2.05) is 30.3 Å². The molecule has 0 spiro atoms. The van der Waals surface area contributed by atoms with Crippen LogP contribution in [0.2, 0.25) is 0 Å². The molecule has 1 aromatic heterocycles. The van der Waals surface area contributed by atoms with Crippen molar-refractivity contribution in [1.82, 2.24) is 9.97 Å². The minimum absolute atomic E-state index is 0.122. The molecule has 1 atom stereocenters. The first-order valence-corrected chi connectivity index (χ1v) is 9.66. The topological polar surface area (TPSA) is 58.5 Å². The van der Waals surface area contributed by atoms with E-state index in [0.29, 0.717) is 6.61 Å². The van der Waals surface area contributed by atoms with E-state index in [1.165, 1.54) is 17.7 Å². The normalized spacial score (nSPS) is 22.3. The van der Waals surface area contributed by atoms with Crippen LogP contribution in [0, 0.1) is 5.41 Å². The van der Waals surface area contributed by atoms with Crippen LogP contribution >= 0.6 is 0 Å². The Morgan fingerprint density at radius 3 is 2.85 bits per heavy atom. The third-order valence-corrected chi connectivity index (χ3v) is 5.79. The summed E-state index contributed by atoms with van der Waals surface area (Å²) in [5.41, 5.74) is 2.41. The van der Waals surface area contributed by atoms with E-state index in [2.05, 4.69) is 14.9 Å². The zero-order valence-electron chi connectivity index (χ0n) is 15.2. The summed E-state index contributed by atoms with van der Waals surface area (Å²) in [5, 5.41) is 10.2. The number of ether oxygens (including phenoxy) is 1. The highest BCUT2D eigenvalue weighted by molar-refractivity contribution is 5.51. The van der Waals surface area contributed by atoms with E-state index >= 15 is 0 Å². The van der Waals surface area contributed by atoms with Crippen molar-refractivity contribution in [2.45, 2.75) is 38.5 Å². The Labute approximate surface area is 155 Å². The molecule has 1 aromatic carbocycles. The maximum atomic E-state index is 10.2. The standard InChI is InChI=1S/C21H27N3O2/c25-15-21(11-13-26-17-6-2-1-3-7-17)10-5-12-24(14-21)20-18-8-4-9-19(18)22-16-23-20/h1-3,6-7,16,25H,4-5,8-15H2/t21-/m1/s1. The van der Waals surface area contributed by atoms with Crippen molar-refractivity contribution in [3.63, 3.8) is 0 Å². The van der Waals surface area contributed by atoms with Gasteiger partial charge >= 0.3 is 0 Å². The molecule has 2 heterocycles. The summed E-state index contributed by atoms with van der Waals surface area (Å²) in [6.45, 7) is 2.66. The number of piperidine rings is 1. The predicted octanol–water partition coefficient (Wildman–Crippen LogP) is 3.01. The minimum Gasteiger partial charge on any atom is -0.494 e. The van der Waals surface area contributed by atoms with Crippen molar-refractivity contribution in [1.29, 1.82) is 0 Å². The Morgan fingerprint density at radius 1 is 1.12 bits per heavy atom. The lowest BCUT2D eigenvalue weighted by molar-refractivity contribution is 0.0791. The van der Waals surface area contributed by atoms with E-state index in [0.717, 1.165) is 56.8 Å². The fourth-order valence-corrected chi connectivity index (χ4v) is 4.32. The number of rotatable bonds is 6. The van der Waals surface area contributed by atoms with Gasteiger partial charge < -0.3 is 14.7 Å². The third-order valence-electron chi connectivity index (χ3n) is 5.79. The van der Waals surface area contributed by atoms with Crippen molar-refractivity contribution in [2.75, 3.05) is 31.2 Å². The molecule has 0 radical (unpaired) electrons. The van der Waals surface area contributed by atoms with Gasteiger partial charge in [0.1, 0.15) is 17.9 Å². The highest BCUT2D eigenvalue weighted by atomic mass is 16.5. The number of para-hydroxylation sites is 1. The van der Waals surface area contributed by atoms with Gasteiger partial charge in [-0.15, -0.1) is 0 Å². The lowest BCUT2D eigenvalue weighted by atomic mass is 9.78. The zero-order valence-corrected chi connectivity index (χ0v) is 15.2. The summed E-state index contributed by atoms with van der Waals surface area (Å²) in [5.74, 6) is 1.98. The Balaban J connectivity index is 1.45. The summed E-state index contributed by atoms with van der Waals surface area (Å²) < 4.78 is 5.90. The zero-order chi connectivity index (χ0) is 17.8. The highest BCUT2D eigenvalue weighted by Crippen LogP contribution is 2.37. The van der Waals surface area contributed by atoms with Crippen molar-refractivity contribution >= 4 is 5.82 Å². The molecule has 1 N–H and O–H groups in total. The maximum absolute atomic E-state index is 10.2. The number of hydrogen-bond donors (Lipinski definition) is 1. The number of aromatic nitrogens is 2. The molecule has 5 heteroatoms. The van der Waals surface area contributed by atoms with Gasteiger partial charge in [0.2, 0.25) is 0 Å². The Morgan fingerprint density at radius 2 is 2.00 bits per heavy atom. The molecule has 2 aromatic rings. The minimum atomic E-state index is -0.122. The van der Waals surface area contributed by atoms with Crippen molar-refractivity contribution in [3.8, 4) is 5.75 Å². The second kappa shape index (κ2) is 7.62. The van der Waals surface area contributed by atoms with Crippen LogP contribution in [0.3, 0.4) is 0 Å². The van der Waals surface area contributed by atoms with E-state index in [4.69, 9.17) is 4.74 Å². The number of aliphatic hydroxyl groups excluding tert-OH is 1. The summed E-state index contributed by atoms with van der Waals surface area (Å²) >= 11 is 0. The molecule has 1 aliphatic heterocycles. The van der Waals surface area contributed by atoms with Crippen LogP contribution in [0.4, 0.5) is 5.82 Å². The summed E-state index contributed by atoms with van der Waals surface area (Å²) in [4.78, 5) is 11.4. The summed E-state index contributed by atoms with van der Waals surface area (Å²) in [7, 11) is 0. The second-order valence-corrected chi connectivity index (χ2v) is 7.57. The van der Waals surface area contributed by atoms with Crippen LogP contribution in [-0.4, -0.2) is 41.4 Å². The summed E-state index contributed by atoms with van der Waals surface area (Å²) in [6, 6.07) is 9.90. The van der Waals surface area contributed by atoms with Gasteiger partial charge in [-0.25, -0.2) is 9.97 Å². The van der Waals surface area contributed by atoms with Crippen LogP contribution in [0.5, 0.6) is 5.75 Å². The number of nitrogens with zero attached hydrogens (tertiary/aromatic N) is 3. The molecule has 4 rings (SSSR count). The number of anilines is 1. The first kappa shape index (κ1) is 17.3. The van der Waals surface area contributed by atoms with E-state index in [9.17, 15) is 5.11 Å². The van der Waals surface area contributed by atoms with Gasteiger partial charge in [0.25, 0.3) is 0 Å². The average Bonchev–Trinajstić information content (AvgIpc) is 3.18. The van der Waals surface area contributed by atoms with Crippen molar-refractivity contribution < 1.29 is 9.84 Å². The lowest BCUT2D eigenvalue weighted by Gasteiger charge is -2.42. The fourth-order valence-electron chi connectivity index (χ4n) is 4.32. The quantitative estimate of drug-likeness (QED) is 0.865. The van der Waals surface area contributed by atoms with Gasteiger partial charge in [-0.05, 0) is 50.7 Å². The second-order valence-electron chi connectivity index (χ2n) is 7.57. The molecule has 1 fully saturated rings. The molecule has 138 valence electrons. The number of aryl methyl sites for hydroxylation is 1. The maximum Gasteiger partial charge on any atom is 0.135 e. The molecule has 1 aliphatic carbocycles. The van der Waals surface area contributed by atoms with Crippen LogP contribution in [0.1, 0.15) is 36.9 Å². The molecule has 1 saturated heterocycles. The molecule has 0 unspecified atom stereocenters. The van der Waals surface area contributed by atoms with E-state index in [1.54, 1.807) is 6.33 Å². The average molecular weight is 353 g/mol. The van der Waals surface area contributed by atoms with Gasteiger partial charge in [0, 0.05) is 29.8 Å². The highest BCUT2D eigenvalue weighted by Gasteiger charge is 2.36. The van der Waals surface area contributed by atoms with Gasteiger partial charge in [0.15, 0.2) is 0 Å². The van der Waals surface area contributed by atoms with Crippen LogP contribution in [0.15, 0.2) is 36.7 Å². The molecule has 0 amide bonds. The molecule has 2 aliphatic rings. The van der Waals surface area contributed by atoms with Gasteiger partial charge in [0.05, 0.1) is 13.2 Å². The fraction of sp³-hybridized carbons (Fsp3) is 0.524. The monoisotopic (exact) mass is 353 g/mol. The van der Waals surface area contributed by atoms with Gasteiger partial charge in [-0.1, -0.05) is 18.2 Å². The van der Waals surface area contributed by atoms with Gasteiger partial charge in [-0.3, -0.25) is 0 Å². The number of fused-ring (bicyclic) bond motifs is 1. The number of aliphatic hydroxyl groups is 1. The van der Waals surface area contributed by atoms with E-state index in [-0.39, 0.29) is 12.0 Å². The largest absolute Gasteiger partial charge is 0.494 e. The molecular weight excluding hydrogens is 326 g/mol. The first-order valence-electron chi connectivity index (χ1n) is 9.66. The Kier molecular flexibility index (Phi) is 5.07. The number of hydrogen-bond acceptors (Lipinski definition) is 5. The van der Waals surface area contributed by atoms with Gasteiger partial charge in [-0.2, -0.15) is 0 Å². The first-order chi connectivity index (χ1) is 12.8. The van der Waals surface area contributed by atoms with Crippen molar-refractivity contribution in [2.24, 2.45) is 5.41 Å². The number of benzene rings is 1. The smallest absolute Gasteiger partial charge is 0.135 e. The predicted molar refractivity (Wildman–Crippen MR) is 102 cm³/mol. The molecular formula is C21H27N3O2. The van der Waals surface area contributed by atoms with Crippen LogP contribution < -0.4 is 9.64 Å². The third kappa shape index (κ3) is 3.54. The molecule has 5 nitrogen and oxygen atoms in total. The molecule has 0 saturated carbocycles. The SMILES string of the molecule is OC[C@@]1(CCOc2ccccc2)CCCN(c2ncnc3c2CCC3)C1.